The number of nitrogens with zero attached hydrogens (tertiary/aromatic N) is 3. The molecule has 0 heterocycles. The number of benzene rings is 3. The molecule has 1 unspecified atom stereocenters. The van der Waals surface area contributed by atoms with E-state index in [-0.39, 0.29) is 28.6 Å². The summed E-state index contributed by atoms with van der Waals surface area (Å²) in [6.45, 7) is 4.15. The Morgan fingerprint density at radius 2 is 1.76 bits per heavy atom. The van der Waals surface area contributed by atoms with E-state index in [9.17, 15) is 28.1 Å². The Morgan fingerprint density at radius 3 is 2.37 bits per heavy atom. The van der Waals surface area contributed by atoms with Gasteiger partial charge in [-0.1, -0.05) is 41.9 Å². The second-order valence-electron chi connectivity index (χ2n) is 9.27. The van der Waals surface area contributed by atoms with Crippen LogP contribution in [0.4, 0.5) is 11.4 Å². The zero-order valence-electron chi connectivity index (χ0n) is 23.3. The first-order valence-electron chi connectivity index (χ1n) is 12.5. The number of aryl methyl sites for hydroxylation is 2. The monoisotopic (exact) mass is 602 g/mol. The maximum absolute atomic E-state index is 14.1. The fraction of sp³-hybridized carbons (Fsp3) is 0.286. The minimum absolute atomic E-state index is 0.0245. The van der Waals surface area contributed by atoms with Crippen LogP contribution in [0.1, 0.15) is 23.6 Å². The topological polar surface area (TPSA) is 139 Å². The van der Waals surface area contributed by atoms with E-state index in [0.29, 0.717) is 0 Å². The number of hydrogen-bond donors (Lipinski definition) is 1. The van der Waals surface area contributed by atoms with E-state index in [0.717, 1.165) is 21.5 Å². The summed E-state index contributed by atoms with van der Waals surface area (Å²) in [5.74, 6) is -1.05. The molecule has 3 rings (SSSR count). The van der Waals surface area contributed by atoms with E-state index in [1.54, 1.807) is 6.07 Å². The fourth-order valence-corrected chi connectivity index (χ4v) is 5.81. The minimum atomic E-state index is -4.60. The number of halogens is 1. The molecule has 0 spiro atoms. The minimum Gasteiger partial charge on any atom is -0.495 e. The SMILES string of the molecule is CNC(=O)C(C)N(Cc1ccccc1C)C(=O)CN(c1cc(Cl)ccc1OC)S(=O)(=O)c1ccc(C)c([N+](=O)[O-])c1. The van der Waals surface area contributed by atoms with Gasteiger partial charge >= 0.3 is 0 Å². The summed E-state index contributed by atoms with van der Waals surface area (Å²) in [7, 11) is -1.83. The summed E-state index contributed by atoms with van der Waals surface area (Å²) in [4.78, 5) is 38.4. The molecule has 13 heteroatoms. The third kappa shape index (κ3) is 6.95. The molecule has 1 N–H and O–H groups in total. The van der Waals surface area contributed by atoms with E-state index < -0.39 is 49.9 Å². The molecule has 41 heavy (non-hydrogen) atoms. The Morgan fingerprint density at radius 1 is 1.07 bits per heavy atom. The molecule has 0 aliphatic rings. The summed E-state index contributed by atoms with van der Waals surface area (Å²) < 4.78 is 34.3. The number of nitrogens with one attached hydrogen (secondary N) is 1. The van der Waals surface area contributed by atoms with E-state index in [4.69, 9.17) is 16.3 Å². The number of anilines is 1. The van der Waals surface area contributed by atoms with Crippen LogP contribution < -0.4 is 14.4 Å². The molecule has 0 aliphatic carbocycles. The standard InChI is InChI=1S/C28H31ClN4O7S/c1-18-8-6-7-9-21(18)16-31(20(3)28(35)30-4)27(34)17-32(25-14-22(29)11-13-26(25)40-5)41(38,39)23-12-10-19(2)24(15-23)33(36)37/h6-15,20H,16-17H2,1-5H3,(H,30,35). The maximum Gasteiger partial charge on any atom is 0.273 e. The number of methoxy groups -OCH3 is 1. The molecular weight excluding hydrogens is 572 g/mol. The second-order valence-corrected chi connectivity index (χ2v) is 11.6. The highest BCUT2D eigenvalue weighted by molar-refractivity contribution is 7.92. The molecule has 0 saturated carbocycles. The van der Waals surface area contributed by atoms with Crippen molar-refractivity contribution >= 4 is 44.8 Å². The highest BCUT2D eigenvalue weighted by Crippen LogP contribution is 2.36. The van der Waals surface area contributed by atoms with Gasteiger partial charge in [-0.2, -0.15) is 0 Å². The Balaban J connectivity index is 2.18. The van der Waals surface area contributed by atoms with Crippen molar-refractivity contribution in [3.8, 4) is 5.75 Å². The molecule has 3 aromatic carbocycles. The van der Waals surface area contributed by atoms with Crippen LogP contribution in [0.25, 0.3) is 0 Å². The molecule has 2 amide bonds. The first kappa shape index (κ1) is 31.4. The largest absolute Gasteiger partial charge is 0.495 e. The predicted octanol–water partition coefficient (Wildman–Crippen LogP) is 4.23. The smallest absolute Gasteiger partial charge is 0.273 e. The molecule has 0 aromatic heterocycles. The first-order valence-corrected chi connectivity index (χ1v) is 14.3. The van der Waals surface area contributed by atoms with Crippen molar-refractivity contribution in [3.63, 3.8) is 0 Å². The molecule has 218 valence electrons. The number of ether oxygens (including phenoxy) is 1. The van der Waals surface area contributed by atoms with E-state index in [1.807, 2.05) is 25.1 Å². The lowest BCUT2D eigenvalue weighted by Gasteiger charge is -2.32. The Hall–Kier alpha value is -4.16. The van der Waals surface area contributed by atoms with Gasteiger partial charge in [0.05, 0.1) is 22.6 Å². The predicted molar refractivity (Wildman–Crippen MR) is 156 cm³/mol. The molecule has 11 nitrogen and oxygen atoms in total. The number of amides is 2. The van der Waals surface area contributed by atoms with Crippen LogP contribution in [-0.4, -0.2) is 56.8 Å². The molecule has 3 aromatic rings. The van der Waals surface area contributed by atoms with E-state index >= 15 is 0 Å². The molecule has 0 bridgehead atoms. The summed E-state index contributed by atoms with van der Waals surface area (Å²) in [5.41, 5.74) is 1.45. The van der Waals surface area contributed by atoms with E-state index in [2.05, 4.69) is 5.32 Å². The lowest BCUT2D eigenvalue weighted by Crippen LogP contribution is -2.50. The Bertz CT molecular complexity index is 1580. The molecule has 0 saturated heterocycles. The van der Waals surface area contributed by atoms with Crippen molar-refractivity contribution in [1.29, 1.82) is 0 Å². The van der Waals surface area contributed by atoms with Gasteiger partial charge in [0.1, 0.15) is 18.3 Å². The highest BCUT2D eigenvalue weighted by Gasteiger charge is 2.34. The van der Waals surface area contributed by atoms with Crippen molar-refractivity contribution in [1.82, 2.24) is 10.2 Å². The summed E-state index contributed by atoms with van der Waals surface area (Å²) in [6.07, 6.45) is 0. The highest BCUT2D eigenvalue weighted by atomic mass is 35.5. The van der Waals surface area contributed by atoms with Crippen molar-refractivity contribution < 1.29 is 27.7 Å². The summed E-state index contributed by atoms with van der Waals surface area (Å²) >= 11 is 6.22. The van der Waals surface area contributed by atoms with Gasteiger partial charge in [0.15, 0.2) is 0 Å². The lowest BCUT2D eigenvalue weighted by atomic mass is 10.1. The lowest BCUT2D eigenvalue weighted by molar-refractivity contribution is -0.385. The van der Waals surface area contributed by atoms with Gasteiger partial charge in [-0.3, -0.25) is 24.0 Å². The van der Waals surface area contributed by atoms with Crippen LogP contribution in [0.2, 0.25) is 5.02 Å². The van der Waals surface area contributed by atoms with Crippen LogP contribution >= 0.6 is 11.6 Å². The van der Waals surface area contributed by atoms with Crippen LogP contribution in [-0.2, 0) is 26.2 Å². The van der Waals surface area contributed by atoms with Gasteiger partial charge in [0.25, 0.3) is 15.7 Å². The second kappa shape index (κ2) is 13.0. The third-order valence-electron chi connectivity index (χ3n) is 6.67. The van der Waals surface area contributed by atoms with Gasteiger partial charge in [-0.15, -0.1) is 0 Å². The molecule has 1 atom stereocenters. The van der Waals surface area contributed by atoms with Crippen LogP contribution in [0.5, 0.6) is 5.75 Å². The zero-order chi connectivity index (χ0) is 30.5. The number of carbonyl (C=O) groups excluding carboxylic acids is 2. The number of likely N-dealkylation sites (N-methyl/N-ethyl adjacent to an activating group) is 1. The number of nitro benzene ring substituents is 1. The Labute approximate surface area is 243 Å². The number of rotatable bonds is 11. The third-order valence-corrected chi connectivity index (χ3v) is 8.66. The average Bonchev–Trinajstić information content (AvgIpc) is 2.94. The van der Waals surface area contributed by atoms with Crippen LogP contribution in [0, 0.1) is 24.0 Å². The summed E-state index contributed by atoms with van der Waals surface area (Å²) in [5, 5.41) is 14.3. The van der Waals surface area contributed by atoms with Gasteiger partial charge in [0.2, 0.25) is 11.8 Å². The van der Waals surface area contributed by atoms with Gasteiger partial charge in [-0.25, -0.2) is 8.42 Å². The van der Waals surface area contributed by atoms with Crippen molar-refractivity contribution in [2.75, 3.05) is 25.0 Å². The number of nitro groups is 1. The molecule has 0 aliphatic heterocycles. The van der Waals surface area contributed by atoms with Crippen LogP contribution in [0.3, 0.4) is 0 Å². The normalized spacial score (nSPS) is 11.9. The van der Waals surface area contributed by atoms with Crippen molar-refractivity contribution in [2.24, 2.45) is 0 Å². The van der Waals surface area contributed by atoms with Gasteiger partial charge in [0, 0.05) is 30.2 Å². The van der Waals surface area contributed by atoms with Crippen LogP contribution in [0.15, 0.2) is 65.6 Å². The van der Waals surface area contributed by atoms with Gasteiger partial charge in [-0.05, 0) is 56.2 Å². The first-order chi connectivity index (χ1) is 19.3. The summed E-state index contributed by atoms with van der Waals surface area (Å²) in [6, 6.07) is 14.1. The fourth-order valence-electron chi connectivity index (χ4n) is 4.21. The quantitative estimate of drug-likeness (QED) is 0.256. The van der Waals surface area contributed by atoms with Crippen molar-refractivity contribution in [3.05, 3.63) is 92.5 Å². The Kier molecular flexibility index (Phi) is 9.95. The number of carbonyl (C=O) groups is 2. The van der Waals surface area contributed by atoms with E-state index in [1.165, 1.54) is 63.2 Å². The molecular formula is C28H31ClN4O7S. The van der Waals surface area contributed by atoms with Gasteiger partial charge < -0.3 is 15.0 Å². The zero-order valence-corrected chi connectivity index (χ0v) is 24.8. The molecule has 0 fully saturated rings. The van der Waals surface area contributed by atoms with Crippen molar-refractivity contribution in [2.45, 2.75) is 38.3 Å². The number of hydrogen-bond acceptors (Lipinski definition) is 7. The molecule has 0 radical (unpaired) electrons. The maximum atomic E-state index is 14.1. The number of sulfonamides is 1. The average molecular weight is 603 g/mol.